The monoisotopic (exact) mass is 229 g/mol. The third-order valence-corrected chi connectivity index (χ3v) is 3.93. The first-order valence-corrected chi connectivity index (χ1v) is 6.53. The van der Waals surface area contributed by atoms with E-state index < -0.39 is 0 Å². The first kappa shape index (κ1) is 10.8. The van der Waals surface area contributed by atoms with E-state index in [0.29, 0.717) is 0 Å². The van der Waals surface area contributed by atoms with Crippen LogP contribution in [0.5, 0.6) is 0 Å². The van der Waals surface area contributed by atoms with Gasteiger partial charge in [0, 0.05) is 17.1 Å². The van der Waals surface area contributed by atoms with Gasteiger partial charge in [0.1, 0.15) is 0 Å². The Kier molecular flexibility index (Phi) is 2.42. The van der Waals surface area contributed by atoms with Crippen LogP contribution in [0.2, 0.25) is 0 Å². The lowest BCUT2D eigenvalue weighted by molar-refractivity contribution is 0.435. The Morgan fingerprint density at radius 1 is 1.35 bits per heavy atom. The topological polar surface area (TPSA) is 30.2 Å². The minimum Gasteiger partial charge on any atom is -0.285 e. The van der Waals surface area contributed by atoms with Gasteiger partial charge in [-0.1, -0.05) is 13.3 Å². The highest BCUT2D eigenvalue weighted by molar-refractivity contribution is 5.40. The summed E-state index contributed by atoms with van der Waals surface area (Å²) in [5.74, 6) is 1.72. The molecule has 1 aliphatic carbocycles. The van der Waals surface area contributed by atoms with Gasteiger partial charge in [0.25, 0.3) is 0 Å². The molecule has 1 unspecified atom stereocenters. The van der Waals surface area contributed by atoms with Crippen LogP contribution in [0.25, 0.3) is 5.78 Å². The highest BCUT2D eigenvalue weighted by Gasteiger charge is 2.23. The highest BCUT2D eigenvalue weighted by atomic mass is 15.1. The van der Waals surface area contributed by atoms with Gasteiger partial charge in [-0.3, -0.25) is 4.40 Å². The van der Waals surface area contributed by atoms with Gasteiger partial charge in [-0.2, -0.15) is 0 Å². The molecule has 3 nitrogen and oxygen atoms in total. The van der Waals surface area contributed by atoms with E-state index in [1.807, 2.05) is 6.92 Å². The third-order valence-electron chi connectivity index (χ3n) is 3.93. The molecule has 0 aliphatic heterocycles. The number of nitrogens with zero attached hydrogens (tertiary/aromatic N) is 3. The zero-order valence-electron chi connectivity index (χ0n) is 10.8. The van der Waals surface area contributed by atoms with Gasteiger partial charge < -0.3 is 0 Å². The first-order chi connectivity index (χ1) is 8.19. The lowest BCUT2D eigenvalue weighted by Crippen LogP contribution is -2.15. The quantitative estimate of drug-likeness (QED) is 0.752. The standard InChI is InChI=1S/C14H19N3/c1-4-11-5-6-12-13(8-11)17-10(3)7-9(2)15-14(17)16-12/h7,11H,4-6,8H2,1-3H3. The van der Waals surface area contributed by atoms with Crippen molar-refractivity contribution in [1.29, 1.82) is 0 Å². The molecule has 2 aromatic rings. The van der Waals surface area contributed by atoms with Gasteiger partial charge in [-0.25, -0.2) is 9.97 Å². The Morgan fingerprint density at radius 3 is 2.94 bits per heavy atom. The molecule has 2 aromatic heterocycles. The summed E-state index contributed by atoms with van der Waals surface area (Å²) < 4.78 is 2.25. The van der Waals surface area contributed by atoms with Gasteiger partial charge >= 0.3 is 0 Å². The van der Waals surface area contributed by atoms with Crippen molar-refractivity contribution in [3.63, 3.8) is 0 Å². The van der Waals surface area contributed by atoms with Crippen LogP contribution in [-0.4, -0.2) is 14.4 Å². The van der Waals surface area contributed by atoms with Crippen LogP contribution in [-0.2, 0) is 12.8 Å². The maximum absolute atomic E-state index is 4.70. The van der Waals surface area contributed by atoms with Crippen molar-refractivity contribution in [2.75, 3.05) is 0 Å². The van der Waals surface area contributed by atoms with Gasteiger partial charge in [-0.05, 0) is 45.1 Å². The zero-order chi connectivity index (χ0) is 12.0. The molecular formula is C14H19N3. The van der Waals surface area contributed by atoms with E-state index in [1.54, 1.807) is 0 Å². The van der Waals surface area contributed by atoms with Crippen LogP contribution in [0.15, 0.2) is 6.07 Å². The summed E-state index contributed by atoms with van der Waals surface area (Å²) in [5, 5.41) is 0. The predicted octanol–water partition coefficient (Wildman–Crippen LogP) is 2.86. The fraction of sp³-hybridized carbons (Fsp3) is 0.571. The van der Waals surface area contributed by atoms with Crippen LogP contribution in [0.3, 0.4) is 0 Å². The molecule has 2 heterocycles. The summed E-state index contributed by atoms with van der Waals surface area (Å²) in [7, 11) is 0. The van der Waals surface area contributed by atoms with Crippen molar-refractivity contribution in [3.8, 4) is 0 Å². The van der Waals surface area contributed by atoms with Crippen LogP contribution in [0.1, 0.15) is 42.5 Å². The molecule has 0 amide bonds. The molecule has 0 saturated carbocycles. The molecular weight excluding hydrogens is 210 g/mol. The highest BCUT2D eigenvalue weighted by Crippen LogP contribution is 2.28. The van der Waals surface area contributed by atoms with Crippen molar-refractivity contribution >= 4 is 5.78 Å². The Hall–Kier alpha value is -1.38. The number of imidazole rings is 1. The van der Waals surface area contributed by atoms with Crippen LogP contribution < -0.4 is 0 Å². The summed E-state index contributed by atoms with van der Waals surface area (Å²) in [6.45, 7) is 6.48. The molecule has 3 heteroatoms. The Bertz CT molecular complexity index is 568. The maximum Gasteiger partial charge on any atom is 0.234 e. The summed E-state index contributed by atoms with van der Waals surface area (Å²) in [6.07, 6.45) is 4.84. The van der Waals surface area contributed by atoms with E-state index in [1.165, 1.54) is 36.3 Å². The molecule has 0 radical (unpaired) electrons. The van der Waals surface area contributed by atoms with Crippen LogP contribution in [0, 0.1) is 19.8 Å². The lowest BCUT2D eigenvalue weighted by Gasteiger charge is -2.20. The third kappa shape index (κ3) is 1.65. The Morgan fingerprint density at radius 2 is 2.18 bits per heavy atom. The number of hydrogen-bond donors (Lipinski definition) is 0. The summed E-state index contributed by atoms with van der Waals surface area (Å²) in [5.41, 5.74) is 5.00. The average Bonchev–Trinajstić information content (AvgIpc) is 2.65. The fourth-order valence-electron chi connectivity index (χ4n) is 2.96. The average molecular weight is 229 g/mol. The molecule has 17 heavy (non-hydrogen) atoms. The molecule has 1 aliphatic rings. The SMILES string of the molecule is CCC1CCc2nc3nc(C)cc(C)n3c2C1. The lowest BCUT2D eigenvalue weighted by atomic mass is 9.88. The van der Waals surface area contributed by atoms with Crippen molar-refractivity contribution < 1.29 is 0 Å². The second kappa shape index (κ2) is 3.83. The summed E-state index contributed by atoms with van der Waals surface area (Å²) in [4.78, 5) is 9.24. The van der Waals surface area contributed by atoms with E-state index in [2.05, 4.69) is 29.3 Å². The normalized spacial score (nSPS) is 19.6. The molecule has 0 bridgehead atoms. The van der Waals surface area contributed by atoms with E-state index in [9.17, 15) is 0 Å². The minimum absolute atomic E-state index is 0.822. The second-order valence-electron chi connectivity index (χ2n) is 5.20. The smallest absolute Gasteiger partial charge is 0.234 e. The van der Waals surface area contributed by atoms with E-state index in [-0.39, 0.29) is 0 Å². The number of rotatable bonds is 1. The van der Waals surface area contributed by atoms with Crippen LogP contribution in [0.4, 0.5) is 0 Å². The molecule has 1 atom stereocenters. The number of fused-ring (bicyclic) bond motifs is 3. The molecule has 90 valence electrons. The van der Waals surface area contributed by atoms with E-state index in [0.717, 1.165) is 23.8 Å². The van der Waals surface area contributed by atoms with Crippen molar-refractivity contribution in [2.24, 2.45) is 5.92 Å². The fourth-order valence-corrected chi connectivity index (χ4v) is 2.96. The van der Waals surface area contributed by atoms with Crippen LogP contribution >= 0.6 is 0 Å². The second-order valence-corrected chi connectivity index (χ2v) is 5.20. The summed E-state index contributed by atoms with van der Waals surface area (Å²) in [6, 6.07) is 2.14. The summed E-state index contributed by atoms with van der Waals surface area (Å²) >= 11 is 0. The molecule has 0 saturated heterocycles. The Labute approximate surface area is 102 Å². The number of hydrogen-bond acceptors (Lipinski definition) is 2. The molecule has 0 N–H and O–H groups in total. The minimum atomic E-state index is 0.822. The molecule has 0 fully saturated rings. The van der Waals surface area contributed by atoms with Gasteiger partial charge in [0.05, 0.1) is 5.69 Å². The molecule has 3 rings (SSSR count). The van der Waals surface area contributed by atoms with Gasteiger partial charge in [-0.15, -0.1) is 0 Å². The van der Waals surface area contributed by atoms with Crippen molar-refractivity contribution in [1.82, 2.24) is 14.4 Å². The maximum atomic E-state index is 4.70. The number of aromatic nitrogens is 3. The Balaban J connectivity index is 2.21. The van der Waals surface area contributed by atoms with Gasteiger partial charge in [0.15, 0.2) is 0 Å². The predicted molar refractivity (Wildman–Crippen MR) is 68.3 cm³/mol. The molecule has 0 spiro atoms. The van der Waals surface area contributed by atoms with Gasteiger partial charge in [0.2, 0.25) is 5.78 Å². The number of aryl methyl sites for hydroxylation is 3. The van der Waals surface area contributed by atoms with E-state index >= 15 is 0 Å². The first-order valence-electron chi connectivity index (χ1n) is 6.53. The zero-order valence-corrected chi connectivity index (χ0v) is 10.8. The van der Waals surface area contributed by atoms with Crippen molar-refractivity contribution in [2.45, 2.75) is 46.5 Å². The van der Waals surface area contributed by atoms with Crippen molar-refractivity contribution in [3.05, 3.63) is 28.8 Å². The molecule has 0 aromatic carbocycles. The largest absolute Gasteiger partial charge is 0.285 e. The van der Waals surface area contributed by atoms with E-state index in [4.69, 9.17) is 4.98 Å².